The summed E-state index contributed by atoms with van der Waals surface area (Å²) in [6.07, 6.45) is 4.42. The number of nitrogens with zero attached hydrogens (tertiary/aromatic N) is 2. The molecule has 0 aliphatic heterocycles. The van der Waals surface area contributed by atoms with Crippen molar-refractivity contribution in [1.82, 2.24) is 9.55 Å². The molecule has 0 amide bonds. The number of hydrogen-bond donors (Lipinski definition) is 1. The average molecular weight is 366 g/mol. The Balaban J connectivity index is 2.25. The highest BCUT2D eigenvalue weighted by molar-refractivity contribution is 7.80. The van der Waals surface area contributed by atoms with E-state index in [1.54, 1.807) is 0 Å². The van der Waals surface area contributed by atoms with Gasteiger partial charge in [-0.1, -0.05) is 36.7 Å². The van der Waals surface area contributed by atoms with Crippen LogP contribution in [0.3, 0.4) is 0 Å². The lowest BCUT2D eigenvalue weighted by Gasteiger charge is -2.17. The summed E-state index contributed by atoms with van der Waals surface area (Å²) in [5.74, 6) is 1.04. The second-order valence-corrected chi connectivity index (χ2v) is 6.47. The molecule has 0 fully saturated rings. The zero-order chi connectivity index (χ0) is 17.5. The highest BCUT2D eigenvalue weighted by atomic mass is 35.5. The Morgan fingerprint density at radius 2 is 2.12 bits per heavy atom. The largest absolute Gasteiger partial charge is 0.486 e. The Kier molecular flexibility index (Phi) is 7.21. The minimum Gasteiger partial charge on any atom is -0.486 e. The smallest absolute Gasteiger partial charge is 0.176 e. The summed E-state index contributed by atoms with van der Waals surface area (Å²) in [5.41, 5.74) is 8.29. The van der Waals surface area contributed by atoms with Gasteiger partial charge in [0.1, 0.15) is 5.82 Å². The van der Waals surface area contributed by atoms with E-state index in [9.17, 15) is 0 Å². The van der Waals surface area contributed by atoms with Gasteiger partial charge in [-0.3, -0.25) is 0 Å². The maximum absolute atomic E-state index is 6.32. The normalized spacial score (nSPS) is 12.2. The molecule has 0 aliphatic rings. The quantitative estimate of drug-likeness (QED) is 0.723. The number of rotatable bonds is 8. The third-order valence-corrected chi connectivity index (χ3v) is 4.59. The van der Waals surface area contributed by atoms with Crippen LogP contribution in [0.1, 0.15) is 37.4 Å². The number of halogens is 1. The van der Waals surface area contributed by atoms with Crippen LogP contribution in [0.25, 0.3) is 0 Å². The third kappa shape index (κ3) is 4.79. The lowest BCUT2D eigenvalue weighted by atomic mass is 10.1. The molecule has 0 radical (unpaired) electrons. The molecule has 1 aromatic heterocycles. The van der Waals surface area contributed by atoms with Crippen LogP contribution < -0.4 is 5.73 Å². The van der Waals surface area contributed by atoms with Crippen LogP contribution in [0.5, 0.6) is 0 Å². The van der Waals surface area contributed by atoms with Gasteiger partial charge in [-0.25, -0.2) is 4.98 Å². The van der Waals surface area contributed by atoms with Crippen LogP contribution in [0.4, 0.5) is 0 Å². The second-order valence-electron chi connectivity index (χ2n) is 5.66. The van der Waals surface area contributed by atoms with Gasteiger partial charge in [0.15, 0.2) is 5.05 Å². The van der Waals surface area contributed by atoms with Crippen molar-refractivity contribution in [1.29, 1.82) is 0 Å². The maximum atomic E-state index is 6.32. The summed E-state index contributed by atoms with van der Waals surface area (Å²) >= 11 is 11.5. The molecule has 1 atom stereocenters. The number of thiocarbonyl (C=S) groups is 1. The average Bonchev–Trinajstić information content (AvgIpc) is 2.92. The van der Waals surface area contributed by atoms with Gasteiger partial charge >= 0.3 is 0 Å². The van der Waals surface area contributed by atoms with Crippen LogP contribution in [0.2, 0.25) is 5.02 Å². The van der Waals surface area contributed by atoms with E-state index < -0.39 is 0 Å². The van der Waals surface area contributed by atoms with Gasteiger partial charge in [-0.15, -0.1) is 0 Å². The summed E-state index contributed by atoms with van der Waals surface area (Å²) in [5, 5.41) is 1.20. The molecule has 24 heavy (non-hydrogen) atoms. The highest BCUT2D eigenvalue weighted by Crippen LogP contribution is 2.19. The van der Waals surface area contributed by atoms with Crippen LogP contribution >= 0.6 is 23.8 Å². The van der Waals surface area contributed by atoms with Gasteiger partial charge in [-0.05, 0) is 37.2 Å². The molecule has 6 heteroatoms. The zero-order valence-corrected chi connectivity index (χ0v) is 15.7. The van der Waals surface area contributed by atoms with Crippen molar-refractivity contribution in [2.45, 2.75) is 45.7 Å². The number of ether oxygens (including phenoxy) is 1. The summed E-state index contributed by atoms with van der Waals surface area (Å²) < 4.78 is 7.56. The third-order valence-electron chi connectivity index (χ3n) is 3.80. The molecule has 2 rings (SSSR count). The van der Waals surface area contributed by atoms with Crippen molar-refractivity contribution in [2.75, 3.05) is 6.61 Å². The van der Waals surface area contributed by atoms with E-state index in [0.717, 1.165) is 34.9 Å². The molecule has 0 unspecified atom stereocenters. The molecule has 0 spiro atoms. The molecule has 2 N–H and O–H groups in total. The first-order valence-corrected chi connectivity index (χ1v) is 9.04. The number of imidazole rings is 1. The molecule has 0 saturated carbocycles. The summed E-state index contributed by atoms with van der Waals surface area (Å²) in [4.78, 5) is 4.57. The summed E-state index contributed by atoms with van der Waals surface area (Å²) in [7, 11) is 0. The topological polar surface area (TPSA) is 53.1 Å². The molecule has 1 heterocycles. The van der Waals surface area contributed by atoms with Gasteiger partial charge in [0.05, 0.1) is 19.2 Å². The Morgan fingerprint density at radius 3 is 2.79 bits per heavy atom. The number of hydrogen-bond acceptors (Lipinski definition) is 4. The molecular weight excluding hydrogens is 342 g/mol. The Morgan fingerprint density at radius 1 is 1.38 bits per heavy atom. The monoisotopic (exact) mass is 365 g/mol. The molecule has 2 aromatic rings. The second kappa shape index (κ2) is 9.16. The Hall–Kier alpha value is -1.43. The van der Waals surface area contributed by atoms with E-state index >= 15 is 0 Å². The van der Waals surface area contributed by atoms with Gasteiger partial charge in [0.25, 0.3) is 0 Å². The molecule has 0 aliphatic carbocycles. The Bertz CT molecular complexity index is 687. The lowest BCUT2D eigenvalue weighted by Crippen LogP contribution is -2.34. The van der Waals surface area contributed by atoms with Crippen molar-refractivity contribution in [3.05, 3.63) is 52.6 Å². The number of aromatic nitrogens is 2. The molecule has 1 aromatic carbocycles. The first kappa shape index (κ1) is 18.9. The van der Waals surface area contributed by atoms with E-state index in [1.807, 2.05) is 37.4 Å². The zero-order valence-electron chi connectivity index (χ0n) is 14.2. The summed E-state index contributed by atoms with van der Waals surface area (Å²) in [6.45, 7) is 5.26. The van der Waals surface area contributed by atoms with Gasteiger partial charge < -0.3 is 15.0 Å². The fourth-order valence-electron chi connectivity index (χ4n) is 2.59. The first-order valence-electron chi connectivity index (χ1n) is 8.25. The van der Waals surface area contributed by atoms with Crippen molar-refractivity contribution in [2.24, 2.45) is 5.73 Å². The molecule has 0 bridgehead atoms. The molecule has 130 valence electrons. The lowest BCUT2D eigenvalue weighted by molar-refractivity contribution is 0.320. The fraction of sp³-hybridized carbons (Fsp3) is 0.444. The van der Waals surface area contributed by atoms with E-state index in [-0.39, 0.29) is 6.04 Å². The molecular formula is C18H24ClN3OS. The van der Waals surface area contributed by atoms with E-state index in [4.69, 9.17) is 34.3 Å². The fourth-order valence-corrected chi connectivity index (χ4v) is 2.98. The number of aryl methyl sites for hydroxylation is 1. The minimum absolute atomic E-state index is 0.323. The van der Waals surface area contributed by atoms with Crippen LogP contribution in [0, 0.1) is 0 Å². The minimum atomic E-state index is -0.323. The predicted molar refractivity (Wildman–Crippen MR) is 103 cm³/mol. The van der Waals surface area contributed by atoms with E-state index in [1.165, 1.54) is 0 Å². The SMILES string of the molecule is CCCc1ncc(C[C@H](N)C(=S)OCC)n1Cc1ccccc1Cl. The van der Waals surface area contributed by atoms with Crippen LogP contribution in [-0.2, 0) is 24.1 Å². The Labute approximate surface area is 154 Å². The predicted octanol–water partition coefficient (Wildman–Crippen LogP) is 3.77. The maximum Gasteiger partial charge on any atom is 0.176 e. The van der Waals surface area contributed by atoms with Crippen molar-refractivity contribution in [3.63, 3.8) is 0 Å². The first-order chi connectivity index (χ1) is 11.6. The van der Waals surface area contributed by atoms with Gasteiger partial charge in [-0.2, -0.15) is 0 Å². The molecule has 0 saturated heterocycles. The van der Waals surface area contributed by atoms with E-state index in [2.05, 4.69) is 16.5 Å². The number of nitrogens with two attached hydrogens (primary N) is 1. The molecule has 4 nitrogen and oxygen atoms in total. The van der Waals surface area contributed by atoms with Gasteiger partial charge in [0.2, 0.25) is 0 Å². The van der Waals surface area contributed by atoms with Crippen molar-refractivity contribution in [3.8, 4) is 0 Å². The highest BCUT2D eigenvalue weighted by Gasteiger charge is 2.17. The van der Waals surface area contributed by atoms with Crippen molar-refractivity contribution < 1.29 is 4.74 Å². The van der Waals surface area contributed by atoms with Crippen molar-refractivity contribution >= 4 is 28.9 Å². The van der Waals surface area contributed by atoms with Gasteiger partial charge in [0, 0.05) is 29.8 Å². The van der Waals surface area contributed by atoms with E-state index in [0.29, 0.717) is 24.6 Å². The van der Waals surface area contributed by atoms with Crippen LogP contribution in [-0.4, -0.2) is 27.3 Å². The number of benzene rings is 1. The van der Waals surface area contributed by atoms with Crippen LogP contribution in [0.15, 0.2) is 30.5 Å². The standard InChI is InChI=1S/C18H24ClN3OS/c1-3-7-17-21-11-14(10-16(20)18(24)23-4-2)22(17)12-13-8-5-6-9-15(13)19/h5-6,8-9,11,16H,3-4,7,10,12,20H2,1-2H3/t16-/m0/s1. The summed E-state index contributed by atoms with van der Waals surface area (Å²) in [6, 6.07) is 7.54.